The molecule has 152 valence electrons. The molecule has 0 spiro atoms. The lowest BCUT2D eigenvalue weighted by atomic mass is 9.52. The van der Waals surface area contributed by atoms with Gasteiger partial charge in [-0.15, -0.1) is 0 Å². The van der Waals surface area contributed by atoms with Gasteiger partial charge in [0, 0.05) is 11.8 Å². The van der Waals surface area contributed by atoms with Crippen LogP contribution in [0.15, 0.2) is 36.5 Å². The van der Waals surface area contributed by atoms with E-state index in [-0.39, 0.29) is 17.8 Å². The van der Waals surface area contributed by atoms with Crippen molar-refractivity contribution >= 4 is 29.1 Å². The normalized spacial score (nSPS) is 32.2. The Labute approximate surface area is 179 Å². The standard InChI is InChI=1S/C22H22Cl2N2O3/c23-16-8-18(24)21(25-11-16)29-17-3-1-2-14(7-17)20(27)26-19-15-5-12-4-13(6-15)10-22(19,28)9-12/h1-3,7-8,11-13,15,19,28H,4-6,9-10H2,(H,26,27)/t12?,13?,15?,19-,22?/m0/s1. The van der Waals surface area contributed by atoms with Crippen LogP contribution < -0.4 is 10.1 Å². The summed E-state index contributed by atoms with van der Waals surface area (Å²) in [5, 5.41) is 15.0. The van der Waals surface area contributed by atoms with Crippen molar-refractivity contribution in [3.05, 3.63) is 52.1 Å². The number of carbonyl (C=O) groups is 1. The first kappa shape index (κ1) is 19.2. The molecule has 2 aromatic rings. The third-order valence-corrected chi connectivity index (χ3v) is 7.12. The van der Waals surface area contributed by atoms with Gasteiger partial charge in [-0.05, 0) is 74.1 Å². The maximum Gasteiger partial charge on any atom is 0.251 e. The Bertz CT molecular complexity index is 953. The first-order valence-corrected chi connectivity index (χ1v) is 10.8. The fourth-order valence-electron chi connectivity index (χ4n) is 5.76. The van der Waals surface area contributed by atoms with Crippen molar-refractivity contribution in [3.8, 4) is 11.6 Å². The second kappa shape index (κ2) is 7.15. The molecule has 4 fully saturated rings. The fourth-order valence-corrected chi connectivity index (χ4v) is 6.18. The zero-order chi connectivity index (χ0) is 20.2. The van der Waals surface area contributed by atoms with Crippen LogP contribution in [0.1, 0.15) is 42.5 Å². The van der Waals surface area contributed by atoms with E-state index >= 15 is 0 Å². The van der Waals surface area contributed by atoms with Crippen molar-refractivity contribution in [2.45, 2.75) is 43.7 Å². The highest BCUT2D eigenvalue weighted by atomic mass is 35.5. The van der Waals surface area contributed by atoms with E-state index in [1.165, 1.54) is 12.6 Å². The molecule has 4 saturated carbocycles. The van der Waals surface area contributed by atoms with Crippen molar-refractivity contribution < 1.29 is 14.6 Å². The van der Waals surface area contributed by atoms with Crippen molar-refractivity contribution in [2.24, 2.45) is 17.8 Å². The van der Waals surface area contributed by atoms with E-state index in [0.29, 0.717) is 39.1 Å². The summed E-state index contributed by atoms with van der Waals surface area (Å²) < 4.78 is 5.73. The Morgan fingerprint density at radius 1 is 1.17 bits per heavy atom. The van der Waals surface area contributed by atoms with Gasteiger partial charge < -0.3 is 15.2 Å². The molecule has 2 N–H and O–H groups in total. The minimum absolute atomic E-state index is 0.181. The molecule has 4 bridgehead atoms. The summed E-state index contributed by atoms with van der Waals surface area (Å²) >= 11 is 12.0. The summed E-state index contributed by atoms with van der Waals surface area (Å²) in [7, 11) is 0. The fraction of sp³-hybridized carbons (Fsp3) is 0.455. The molecule has 5 nitrogen and oxygen atoms in total. The Hall–Kier alpha value is -1.82. The molecule has 7 heteroatoms. The van der Waals surface area contributed by atoms with Crippen LogP contribution >= 0.6 is 23.2 Å². The largest absolute Gasteiger partial charge is 0.438 e. The number of nitrogens with zero attached hydrogens (tertiary/aromatic N) is 1. The average molecular weight is 433 g/mol. The van der Waals surface area contributed by atoms with Gasteiger partial charge in [-0.25, -0.2) is 4.98 Å². The number of hydrogen-bond acceptors (Lipinski definition) is 4. The van der Waals surface area contributed by atoms with E-state index in [1.807, 2.05) is 0 Å². The van der Waals surface area contributed by atoms with Gasteiger partial charge in [-0.1, -0.05) is 29.3 Å². The number of ether oxygens (including phenoxy) is 1. The molecule has 0 aliphatic heterocycles. The topological polar surface area (TPSA) is 71.5 Å². The minimum Gasteiger partial charge on any atom is -0.438 e. The molecule has 2 unspecified atom stereocenters. The monoisotopic (exact) mass is 432 g/mol. The summed E-state index contributed by atoms with van der Waals surface area (Å²) in [6.45, 7) is 0. The molecule has 1 aromatic heterocycles. The third kappa shape index (κ3) is 3.60. The molecule has 6 rings (SSSR count). The highest BCUT2D eigenvalue weighted by molar-refractivity contribution is 6.35. The maximum absolute atomic E-state index is 13.0. The molecule has 1 aromatic carbocycles. The molecule has 29 heavy (non-hydrogen) atoms. The van der Waals surface area contributed by atoms with E-state index in [1.54, 1.807) is 30.3 Å². The molecule has 0 radical (unpaired) electrons. The second-order valence-corrected chi connectivity index (χ2v) is 9.58. The van der Waals surface area contributed by atoms with Crippen LogP contribution in [-0.4, -0.2) is 27.6 Å². The summed E-state index contributed by atoms with van der Waals surface area (Å²) in [4.78, 5) is 17.0. The lowest BCUT2D eigenvalue weighted by Crippen LogP contribution is -2.66. The smallest absolute Gasteiger partial charge is 0.251 e. The number of rotatable bonds is 4. The van der Waals surface area contributed by atoms with Gasteiger partial charge in [0.25, 0.3) is 5.91 Å². The zero-order valence-electron chi connectivity index (χ0n) is 15.8. The van der Waals surface area contributed by atoms with E-state index in [2.05, 4.69) is 10.3 Å². The number of pyridine rings is 1. The predicted octanol–water partition coefficient (Wildman–Crippen LogP) is 4.85. The molecular weight excluding hydrogens is 411 g/mol. The number of nitrogens with one attached hydrogen (secondary N) is 1. The Morgan fingerprint density at radius 2 is 1.93 bits per heavy atom. The van der Waals surface area contributed by atoms with Gasteiger partial charge in [0.1, 0.15) is 10.8 Å². The van der Waals surface area contributed by atoms with Crippen molar-refractivity contribution in [2.75, 3.05) is 0 Å². The molecular formula is C22H22Cl2N2O3. The van der Waals surface area contributed by atoms with E-state index in [4.69, 9.17) is 27.9 Å². The van der Waals surface area contributed by atoms with Crippen LogP contribution in [0.4, 0.5) is 0 Å². The van der Waals surface area contributed by atoms with Crippen molar-refractivity contribution in [3.63, 3.8) is 0 Å². The molecule has 1 amide bonds. The quantitative estimate of drug-likeness (QED) is 0.723. The van der Waals surface area contributed by atoms with Gasteiger partial charge in [-0.3, -0.25) is 4.79 Å². The van der Waals surface area contributed by atoms with Gasteiger partial charge in [-0.2, -0.15) is 0 Å². The SMILES string of the molecule is O=C(N[C@H]1C2CC3CC(C2)CC1(O)C3)c1cccc(Oc2ncc(Cl)cc2Cl)c1. The van der Waals surface area contributed by atoms with E-state index < -0.39 is 5.60 Å². The minimum atomic E-state index is -0.765. The van der Waals surface area contributed by atoms with E-state index in [0.717, 1.165) is 25.7 Å². The summed E-state index contributed by atoms with van der Waals surface area (Å²) in [5.41, 5.74) is -0.288. The molecule has 3 atom stereocenters. The number of hydrogen-bond donors (Lipinski definition) is 2. The zero-order valence-corrected chi connectivity index (χ0v) is 17.3. The number of aromatic nitrogens is 1. The van der Waals surface area contributed by atoms with Crippen LogP contribution in [0.3, 0.4) is 0 Å². The summed E-state index contributed by atoms with van der Waals surface area (Å²) in [6.07, 6.45) is 6.50. The van der Waals surface area contributed by atoms with Crippen LogP contribution in [0, 0.1) is 17.8 Å². The molecule has 4 aliphatic carbocycles. The van der Waals surface area contributed by atoms with Crippen LogP contribution in [-0.2, 0) is 0 Å². The van der Waals surface area contributed by atoms with Gasteiger partial charge >= 0.3 is 0 Å². The van der Waals surface area contributed by atoms with Crippen molar-refractivity contribution in [1.29, 1.82) is 0 Å². The Kier molecular flexibility index (Phi) is 4.72. The lowest BCUT2D eigenvalue weighted by molar-refractivity contribution is -0.146. The number of carbonyl (C=O) groups excluding carboxylic acids is 1. The summed E-state index contributed by atoms with van der Waals surface area (Å²) in [6, 6.07) is 8.25. The Morgan fingerprint density at radius 3 is 2.62 bits per heavy atom. The summed E-state index contributed by atoms with van der Waals surface area (Å²) in [5.74, 6) is 2.07. The number of amides is 1. The van der Waals surface area contributed by atoms with Gasteiger partial charge in [0.05, 0.1) is 16.7 Å². The first-order valence-electron chi connectivity index (χ1n) is 10.0. The highest BCUT2D eigenvalue weighted by Crippen LogP contribution is 2.55. The maximum atomic E-state index is 13.0. The molecule has 0 saturated heterocycles. The number of benzene rings is 1. The van der Waals surface area contributed by atoms with Crippen LogP contribution in [0.25, 0.3) is 0 Å². The van der Waals surface area contributed by atoms with Crippen LogP contribution in [0.2, 0.25) is 10.0 Å². The average Bonchev–Trinajstić information content (AvgIpc) is 2.66. The van der Waals surface area contributed by atoms with Gasteiger partial charge in [0.2, 0.25) is 5.88 Å². The second-order valence-electron chi connectivity index (χ2n) is 8.73. The number of halogens is 2. The first-order chi connectivity index (χ1) is 13.9. The highest BCUT2D eigenvalue weighted by Gasteiger charge is 2.56. The Balaban J connectivity index is 1.32. The molecule has 1 heterocycles. The predicted molar refractivity (Wildman–Crippen MR) is 111 cm³/mol. The van der Waals surface area contributed by atoms with E-state index in [9.17, 15) is 9.90 Å². The van der Waals surface area contributed by atoms with Crippen LogP contribution in [0.5, 0.6) is 11.6 Å². The third-order valence-electron chi connectivity index (χ3n) is 6.64. The lowest BCUT2D eigenvalue weighted by Gasteiger charge is -2.58. The molecule has 4 aliphatic rings. The van der Waals surface area contributed by atoms with Gasteiger partial charge in [0.15, 0.2) is 0 Å². The number of aliphatic hydroxyl groups is 1. The van der Waals surface area contributed by atoms with Crippen molar-refractivity contribution in [1.82, 2.24) is 10.3 Å².